The molecule has 0 bridgehead atoms. The largest absolute Gasteiger partial charge is 0.495 e. The van der Waals surface area contributed by atoms with Crippen LogP contribution in [0.3, 0.4) is 0 Å². The number of anilines is 1. The van der Waals surface area contributed by atoms with Crippen molar-refractivity contribution in [2.45, 2.75) is 58.7 Å². The summed E-state index contributed by atoms with van der Waals surface area (Å²) in [4.78, 5) is 27.5. The molecule has 2 aromatic rings. The Kier molecular flexibility index (Phi) is 10.7. The summed E-state index contributed by atoms with van der Waals surface area (Å²) < 4.78 is 44.9. The second-order valence-corrected chi connectivity index (χ2v) is 10.7. The van der Waals surface area contributed by atoms with Gasteiger partial charge in [0, 0.05) is 25.6 Å². The van der Waals surface area contributed by atoms with Crippen molar-refractivity contribution < 1.29 is 27.1 Å². The van der Waals surface area contributed by atoms with Crippen molar-refractivity contribution >= 4 is 27.5 Å². The molecule has 0 aliphatic heterocycles. The van der Waals surface area contributed by atoms with Gasteiger partial charge in [0.05, 0.1) is 19.1 Å². The zero-order valence-electron chi connectivity index (χ0n) is 21.5. The lowest BCUT2D eigenvalue weighted by atomic mass is 10.1. The van der Waals surface area contributed by atoms with Gasteiger partial charge in [-0.25, -0.2) is 12.8 Å². The van der Waals surface area contributed by atoms with Crippen molar-refractivity contribution in [2.24, 2.45) is 0 Å². The van der Waals surface area contributed by atoms with Crippen LogP contribution < -0.4 is 14.4 Å². The van der Waals surface area contributed by atoms with Crippen LogP contribution in [0, 0.1) is 5.82 Å². The topological polar surface area (TPSA) is 96.0 Å². The maximum Gasteiger partial charge on any atom is 0.242 e. The number of amides is 2. The summed E-state index contributed by atoms with van der Waals surface area (Å²) in [6.07, 6.45) is 2.09. The second kappa shape index (κ2) is 13.2. The number of carbonyl (C=O) groups is 2. The maximum atomic E-state index is 13.4. The Morgan fingerprint density at radius 3 is 2.31 bits per heavy atom. The van der Waals surface area contributed by atoms with Crippen LogP contribution in [0.15, 0.2) is 48.5 Å². The summed E-state index contributed by atoms with van der Waals surface area (Å²) in [5, 5.41) is 2.89. The number of hydrogen-bond acceptors (Lipinski definition) is 5. The highest BCUT2D eigenvalue weighted by Crippen LogP contribution is 2.29. The third-order valence-electron chi connectivity index (χ3n) is 5.94. The van der Waals surface area contributed by atoms with Gasteiger partial charge in [-0.15, -0.1) is 0 Å². The summed E-state index contributed by atoms with van der Waals surface area (Å²) >= 11 is 0. The zero-order valence-corrected chi connectivity index (χ0v) is 22.3. The predicted octanol–water partition coefficient (Wildman–Crippen LogP) is 3.71. The van der Waals surface area contributed by atoms with Gasteiger partial charge in [0.2, 0.25) is 21.8 Å². The van der Waals surface area contributed by atoms with E-state index in [2.05, 4.69) is 5.32 Å². The SMILES string of the molecule is CC[C@@H](C)NC(=O)[C@@H](C)N(Cc1ccc(F)cc1)C(=O)CCCN(c1ccccc1OC)S(C)(=O)=O. The van der Waals surface area contributed by atoms with E-state index < -0.39 is 21.9 Å². The molecular weight excluding hydrogens is 485 g/mol. The molecule has 0 saturated carbocycles. The van der Waals surface area contributed by atoms with E-state index >= 15 is 0 Å². The third-order valence-corrected chi connectivity index (χ3v) is 7.12. The van der Waals surface area contributed by atoms with Gasteiger partial charge < -0.3 is 15.0 Å². The number of ether oxygens (including phenoxy) is 1. The van der Waals surface area contributed by atoms with Crippen molar-refractivity contribution in [3.8, 4) is 5.75 Å². The van der Waals surface area contributed by atoms with Crippen molar-refractivity contribution in [2.75, 3.05) is 24.2 Å². The van der Waals surface area contributed by atoms with Gasteiger partial charge >= 0.3 is 0 Å². The van der Waals surface area contributed by atoms with Crippen LogP contribution in [-0.2, 0) is 26.2 Å². The molecule has 1 N–H and O–H groups in total. The highest BCUT2D eigenvalue weighted by Gasteiger charge is 2.27. The number of sulfonamides is 1. The maximum absolute atomic E-state index is 13.4. The molecule has 10 heteroatoms. The van der Waals surface area contributed by atoms with Gasteiger partial charge in [0.1, 0.15) is 17.6 Å². The molecule has 36 heavy (non-hydrogen) atoms. The molecule has 198 valence electrons. The van der Waals surface area contributed by atoms with Crippen LogP contribution in [-0.4, -0.2) is 57.1 Å². The first kappa shape index (κ1) is 29.1. The van der Waals surface area contributed by atoms with Gasteiger partial charge in [-0.2, -0.15) is 0 Å². The van der Waals surface area contributed by atoms with Gasteiger partial charge in [0.15, 0.2) is 0 Å². The standard InChI is InChI=1S/C26H36FN3O5S/c1-6-19(2)28-26(32)20(3)29(18-21-13-15-22(27)16-14-21)25(31)12-9-17-30(36(5,33)34)23-10-7-8-11-24(23)35-4/h7-8,10-11,13-16,19-20H,6,9,12,17-18H2,1-5H3,(H,28,32)/t19-,20-/m1/s1. The first-order valence-corrected chi connectivity index (χ1v) is 13.8. The molecule has 0 aliphatic carbocycles. The van der Waals surface area contributed by atoms with Crippen LogP contribution >= 0.6 is 0 Å². The van der Waals surface area contributed by atoms with Crippen molar-refractivity contribution in [1.29, 1.82) is 0 Å². The van der Waals surface area contributed by atoms with Crippen LogP contribution in [0.1, 0.15) is 45.6 Å². The summed E-state index contributed by atoms with van der Waals surface area (Å²) in [5.41, 5.74) is 1.07. The number of carbonyl (C=O) groups excluding carboxylic acids is 2. The Labute approximate surface area is 213 Å². The fourth-order valence-electron chi connectivity index (χ4n) is 3.65. The lowest BCUT2D eigenvalue weighted by Crippen LogP contribution is -2.49. The summed E-state index contributed by atoms with van der Waals surface area (Å²) in [5.74, 6) is -0.579. The molecule has 0 radical (unpaired) electrons. The average molecular weight is 522 g/mol. The molecule has 0 spiro atoms. The molecule has 8 nitrogen and oxygen atoms in total. The van der Waals surface area contributed by atoms with E-state index in [0.29, 0.717) is 17.0 Å². The van der Waals surface area contributed by atoms with Crippen LogP contribution in [0.25, 0.3) is 0 Å². The third kappa shape index (κ3) is 8.22. The van der Waals surface area contributed by atoms with E-state index in [-0.39, 0.29) is 43.8 Å². The van der Waals surface area contributed by atoms with E-state index in [1.165, 1.54) is 28.4 Å². The number of benzene rings is 2. The molecule has 0 fully saturated rings. The van der Waals surface area contributed by atoms with Crippen LogP contribution in [0.2, 0.25) is 0 Å². The first-order chi connectivity index (χ1) is 17.0. The van der Waals surface area contributed by atoms with E-state index in [9.17, 15) is 22.4 Å². The lowest BCUT2D eigenvalue weighted by molar-refractivity contribution is -0.140. The highest BCUT2D eigenvalue weighted by atomic mass is 32.2. The molecule has 0 saturated heterocycles. The summed E-state index contributed by atoms with van der Waals surface area (Å²) in [6.45, 7) is 5.66. The van der Waals surface area contributed by atoms with Crippen LogP contribution in [0.5, 0.6) is 5.75 Å². The second-order valence-electron chi connectivity index (χ2n) is 8.75. The normalized spacial score (nSPS) is 12.9. The monoisotopic (exact) mass is 521 g/mol. The molecule has 2 amide bonds. The van der Waals surface area contributed by atoms with Crippen molar-refractivity contribution in [3.63, 3.8) is 0 Å². The lowest BCUT2D eigenvalue weighted by Gasteiger charge is -2.30. The molecule has 2 aromatic carbocycles. The van der Waals surface area contributed by atoms with E-state index in [1.54, 1.807) is 43.3 Å². The zero-order chi connectivity index (χ0) is 26.9. The molecule has 2 atom stereocenters. The Morgan fingerprint density at radius 1 is 1.08 bits per heavy atom. The molecular formula is C26H36FN3O5S. The fourth-order valence-corrected chi connectivity index (χ4v) is 4.62. The van der Waals surface area contributed by atoms with Gasteiger partial charge in [-0.3, -0.25) is 13.9 Å². The summed E-state index contributed by atoms with van der Waals surface area (Å²) in [7, 11) is -2.18. The fraction of sp³-hybridized carbons (Fsp3) is 0.462. The van der Waals surface area contributed by atoms with Gasteiger partial charge in [-0.05, 0) is 56.5 Å². The number of halogens is 1. The number of para-hydroxylation sites is 2. The Morgan fingerprint density at radius 2 is 1.72 bits per heavy atom. The number of methoxy groups -OCH3 is 1. The van der Waals surface area contributed by atoms with E-state index in [4.69, 9.17) is 4.74 Å². The minimum atomic E-state index is -3.64. The molecule has 0 heterocycles. The minimum Gasteiger partial charge on any atom is -0.495 e. The van der Waals surface area contributed by atoms with E-state index in [1.807, 2.05) is 13.8 Å². The molecule has 2 rings (SSSR count). The number of rotatable bonds is 13. The summed E-state index contributed by atoms with van der Waals surface area (Å²) in [6, 6.07) is 11.7. The van der Waals surface area contributed by atoms with Gasteiger partial charge in [0.25, 0.3) is 0 Å². The van der Waals surface area contributed by atoms with Crippen molar-refractivity contribution in [1.82, 2.24) is 10.2 Å². The number of nitrogens with zero attached hydrogens (tertiary/aromatic N) is 2. The molecule has 0 aliphatic rings. The average Bonchev–Trinajstić information content (AvgIpc) is 2.84. The Balaban J connectivity index is 2.19. The van der Waals surface area contributed by atoms with Gasteiger partial charge in [-0.1, -0.05) is 31.2 Å². The number of hydrogen-bond donors (Lipinski definition) is 1. The number of nitrogens with one attached hydrogen (secondary N) is 1. The predicted molar refractivity (Wildman–Crippen MR) is 139 cm³/mol. The highest BCUT2D eigenvalue weighted by molar-refractivity contribution is 7.92. The Bertz CT molecular complexity index is 1120. The van der Waals surface area contributed by atoms with E-state index in [0.717, 1.165) is 12.7 Å². The van der Waals surface area contributed by atoms with Crippen molar-refractivity contribution in [3.05, 3.63) is 59.9 Å². The Hall–Kier alpha value is -3.14. The molecule has 0 aromatic heterocycles. The minimum absolute atomic E-state index is 0.0172. The smallest absolute Gasteiger partial charge is 0.242 e. The molecule has 0 unspecified atom stereocenters. The quantitative estimate of drug-likeness (QED) is 0.434. The van der Waals surface area contributed by atoms with Crippen LogP contribution in [0.4, 0.5) is 10.1 Å². The first-order valence-electron chi connectivity index (χ1n) is 11.9.